The van der Waals surface area contributed by atoms with Crippen LogP contribution in [0.3, 0.4) is 0 Å². The van der Waals surface area contributed by atoms with Crippen molar-refractivity contribution >= 4 is 0 Å². The van der Waals surface area contributed by atoms with Crippen molar-refractivity contribution < 1.29 is 18.3 Å². The van der Waals surface area contributed by atoms with Crippen LogP contribution in [0, 0.1) is 6.92 Å². The number of fused-ring (bicyclic) bond motifs is 1. The van der Waals surface area contributed by atoms with Crippen molar-refractivity contribution in [3.63, 3.8) is 0 Å². The minimum absolute atomic E-state index is 0.185. The molecule has 0 saturated heterocycles. The first-order chi connectivity index (χ1) is 13.8. The molecular formula is C23H23F3N2O. The monoisotopic (exact) mass is 400 g/mol. The summed E-state index contributed by atoms with van der Waals surface area (Å²) in [6, 6.07) is 14.8. The second kappa shape index (κ2) is 7.59. The van der Waals surface area contributed by atoms with Gasteiger partial charge in [0, 0.05) is 37.1 Å². The summed E-state index contributed by atoms with van der Waals surface area (Å²) in [7, 11) is 0. The molecule has 2 aromatic carbocycles. The Morgan fingerprint density at radius 1 is 1.03 bits per heavy atom. The molecule has 1 atom stereocenters. The van der Waals surface area contributed by atoms with Gasteiger partial charge in [-0.2, -0.15) is 13.2 Å². The molecule has 0 radical (unpaired) electrons. The smallest absolute Gasteiger partial charge is 0.416 e. The van der Waals surface area contributed by atoms with Crippen molar-refractivity contribution in [1.82, 2.24) is 9.47 Å². The Balaban J connectivity index is 1.74. The molecule has 2 heterocycles. The number of aromatic hydroxyl groups is 1. The highest BCUT2D eigenvalue weighted by Crippen LogP contribution is 2.36. The van der Waals surface area contributed by atoms with Gasteiger partial charge in [0.25, 0.3) is 0 Å². The Hall–Kier alpha value is -2.73. The lowest BCUT2D eigenvalue weighted by Crippen LogP contribution is -2.29. The van der Waals surface area contributed by atoms with E-state index in [0.717, 1.165) is 54.0 Å². The molecule has 1 aliphatic rings. The van der Waals surface area contributed by atoms with Crippen molar-refractivity contribution in [2.24, 2.45) is 0 Å². The van der Waals surface area contributed by atoms with Gasteiger partial charge in [0.1, 0.15) is 5.75 Å². The van der Waals surface area contributed by atoms with E-state index in [4.69, 9.17) is 0 Å². The van der Waals surface area contributed by atoms with Crippen LogP contribution in [0.15, 0.2) is 60.8 Å². The zero-order valence-electron chi connectivity index (χ0n) is 16.2. The van der Waals surface area contributed by atoms with E-state index in [0.29, 0.717) is 6.54 Å². The lowest BCUT2D eigenvalue weighted by Gasteiger charge is -2.31. The number of nitrogens with zero attached hydrogens (tertiary/aromatic N) is 2. The first kappa shape index (κ1) is 19.6. The van der Waals surface area contributed by atoms with E-state index in [1.54, 1.807) is 18.2 Å². The molecule has 4 rings (SSSR count). The Kier molecular flexibility index (Phi) is 5.13. The highest BCUT2D eigenvalue weighted by molar-refractivity contribution is 5.37. The average Bonchev–Trinajstić information content (AvgIpc) is 3.06. The molecule has 1 aliphatic heterocycles. The third-order valence-corrected chi connectivity index (χ3v) is 5.52. The molecule has 0 fully saturated rings. The summed E-state index contributed by atoms with van der Waals surface area (Å²) in [6.45, 7) is 4.13. The predicted octanol–water partition coefficient (Wildman–Crippen LogP) is 5.52. The zero-order valence-corrected chi connectivity index (χ0v) is 16.2. The molecule has 1 unspecified atom stereocenters. The molecule has 0 saturated carbocycles. The minimum atomic E-state index is -4.35. The number of halogens is 3. The van der Waals surface area contributed by atoms with Crippen molar-refractivity contribution in [3.8, 4) is 5.75 Å². The summed E-state index contributed by atoms with van der Waals surface area (Å²) in [4.78, 5) is 2.23. The Morgan fingerprint density at radius 3 is 2.52 bits per heavy atom. The van der Waals surface area contributed by atoms with Crippen LogP contribution in [-0.2, 0) is 19.3 Å². The zero-order chi connectivity index (χ0) is 20.6. The fourth-order valence-corrected chi connectivity index (χ4v) is 4.11. The molecule has 3 aromatic rings. The molecule has 1 aromatic heterocycles. The van der Waals surface area contributed by atoms with Crippen molar-refractivity contribution in [3.05, 3.63) is 88.7 Å². The molecule has 0 spiro atoms. The first-order valence-electron chi connectivity index (χ1n) is 9.67. The normalized spacial score (nSPS) is 17.7. The van der Waals surface area contributed by atoms with E-state index in [1.165, 1.54) is 0 Å². The van der Waals surface area contributed by atoms with Crippen LogP contribution in [0.4, 0.5) is 13.2 Å². The molecule has 29 heavy (non-hydrogen) atoms. The fraction of sp³-hybridized carbons (Fsp3) is 0.304. The summed E-state index contributed by atoms with van der Waals surface area (Å²) in [5.74, 6) is 0.237. The van der Waals surface area contributed by atoms with Gasteiger partial charge in [-0.05, 0) is 49.2 Å². The largest absolute Gasteiger partial charge is 0.508 e. The number of aromatic nitrogens is 1. The fourth-order valence-electron chi connectivity index (χ4n) is 4.11. The van der Waals surface area contributed by atoms with Gasteiger partial charge in [-0.15, -0.1) is 0 Å². The topological polar surface area (TPSA) is 28.4 Å². The van der Waals surface area contributed by atoms with Crippen molar-refractivity contribution in [2.45, 2.75) is 38.7 Å². The van der Waals surface area contributed by atoms with Gasteiger partial charge in [-0.1, -0.05) is 29.8 Å². The van der Waals surface area contributed by atoms with Gasteiger partial charge >= 0.3 is 6.18 Å². The Labute approximate surface area is 168 Å². The number of phenols is 1. The molecule has 152 valence electrons. The van der Waals surface area contributed by atoms with Gasteiger partial charge in [0.2, 0.25) is 0 Å². The quantitative estimate of drug-likeness (QED) is 0.627. The van der Waals surface area contributed by atoms with E-state index in [2.05, 4.69) is 9.47 Å². The Bertz CT molecular complexity index is 992. The lowest BCUT2D eigenvalue weighted by molar-refractivity contribution is -0.137. The van der Waals surface area contributed by atoms with Crippen LogP contribution < -0.4 is 0 Å². The van der Waals surface area contributed by atoms with Gasteiger partial charge < -0.3 is 9.67 Å². The maximum absolute atomic E-state index is 13.0. The molecule has 6 heteroatoms. The summed E-state index contributed by atoms with van der Waals surface area (Å²) >= 11 is 0. The molecule has 0 amide bonds. The number of hydrogen-bond donors (Lipinski definition) is 1. The van der Waals surface area contributed by atoms with E-state index >= 15 is 0 Å². The molecule has 0 bridgehead atoms. The second-order valence-corrected chi connectivity index (χ2v) is 7.60. The molecule has 3 nitrogen and oxygen atoms in total. The summed E-state index contributed by atoms with van der Waals surface area (Å²) in [5.41, 5.74) is 3.10. The summed E-state index contributed by atoms with van der Waals surface area (Å²) < 4.78 is 41.2. The third-order valence-electron chi connectivity index (χ3n) is 5.52. The highest BCUT2D eigenvalue weighted by atomic mass is 19.4. The SMILES string of the molecule is Cc1ccc(O)c(CN2CCCn3cccc3C2c2ccc(C(F)(F)F)cc2)c1. The number of benzene rings is 2. The van der Waals surface area contributed by atoms with Crippen LogP contribution in [-0.4, -0.2) is 21.1 Å². The lowest BCUT2D eigenvalue weighted by atomic mass is 9.99. The number of alkyl halides is 3. The van der Waals surface area contributed by atoms with Crippen LogP contribution in [0.2, 0.25) is 0 Å². The summed E-state index contributed by atoms with van der Waals surface area (Å²) in [5, 5.41) is 10.3. The minimum Gasteiger partial charge on any atom is -0.508 e. The maximum atomic E-state index is 13.0. The van der Waals surface area contributed by atoms with E-state index in [1.807, 2.05) is 37.4 Å². The van der Waals surface area contributed by atoms with Crippen LogP contribution >= 0.6 is 0 Å². The number of rotatable bonds is 3. The Morgan fingerprint density at radius 2 is 1.79 bits per heavy atom. The third kappa shape index (κ3) is 4.03. The van der Waals surface area contributed by atoms with Gasteiger partial charge in [-0.3, -0.25) is 4.90 Å². The molecule has 0 aliphatic carbocycles. The van der Waals surface area contributed by atoms with E-state index in [-0.39, 0.29) is 11.8 Å². The van der Waals surface area contributed by atoms with Crippen molar-refractivity contribution in [2.75, 3.05) is 6.54 Å². The standard InChI is InChI=1S/C23H23F3N2O/c1-16-5-10-21(29)18(14-16)15-28-13-3-12-27-11-2-4-20(27)22(28)17-6-8-19(9-7-17)23(24,25)26/h2,4-11,14,22,29H,3,12-13,15H2,1H3. The molecular weight excluding hydrogens is 377 g/mol. The maximum Gasteiger partial charge on any atom is 0.416 e. The van der Waals surface area contributed by atoms with Gasteiger partial charge in [0.15, 0.2) is 0 Å². The predicted molar refractivity (Wildman–Crippen MR) is 106 cm³/mol. The number of aryl methyl sites for hydroxylation is 2. The average molecular weight is 400 g/mol. The second-order valence-electron chi connectivity index (χ2n) is 7.60. The summed E-state index contributed by atoms with van der Waals surface area (Å²) in [6.07, 6.45) is -1.42. The van der Waals surface area contributed by atoms with E-state index in [9.17, 15) is 18.3 Å². The van der Waals surface area contributed by atoms with Crippen LogP contribution in [0.1, 0.15) is 40.4 Å². The van der Waals surface area contributed by atoms with Crippen LogP contribution in [0.5, 0.6) is 5.75 Å². The molecule has 1 N–H and O–H groups in total. The van der Waals surface area contributed by atoms with Crippen molar-refractivity contribution in [1.29, 1.82) is 0 Å². The van der Waals surface area contributed by atoms with E-state index < -0.39 is 11.7 Å². The number of phenolic OH excluding ortho intramolecular Hbond substituents is 1. The first-order valence-corrected chi connectivity index (χ1v) is 9.67. The van der Waals surface area contributed by atoms with Crippen LogP contribution in [0.25, 0.3) is 0 Å². The van der Waals surface area contributed by atoms with Gasteiger partial charge in [0.05, 0.1) is 11.6 Å². The number of hydrogen-bond acceptors (Lipinski definition) is 2. The highest BCUT2D eigenvalue weighted by Gasteiger charge is 2.32. The van der Waals surface area contributed by atoms with Gasteiger partial charge in [-0.25, -0.2) is 0 Å².